The molecule has 0 spiro atoms. The molecular formula is C34H37NO6. The highest BCUT2D eigenvalue weighted by atomic mass is 16.7. The lowest BCUT2D eigenvalue weighted by Gasteiger charge is -2.59. The highest BCUT2D eigenvalue weighted by Crippen LogP contribution is 2.70. The maximum Gasteiger partial charge on any atom is 0.193 e. The van der Waals surface area contributed by atoms with Gasteiger partial charge < -0.3 is 25.4 Å². The standard InChI is InChI=1S/C34H37NO6/c1-32-13-12-24(37)15-22(32)8-11-25-26-16-29-34(28(39)18-36,33(26,2)17-27(38)30(25)32)41-31(40-29)21-5-3-4-20(14-21)19-6-9-23(35)10-7-19/h3-7,9-10,12-15,25-27,29-31,36,38H,8,11,16-18,35H2,1-2H3/t25-,26-,27-,29+,30+,31-,32-,33-,34+/m0/s1. The van der Waals surface area contributed by atoms with Crippen LogP contribution in [0.5, 0.6) is 0 Å². The lowest BCUT2D eigenvalue weighted by atomic mass is 9.46. The number of ketones is 2. The van der Waals surface area contributed by atoms with E-state index in [1.807, 2.05) is 54.6 Å². The van der Waals surface area contributed by atoms with Gasteiger partial charge in [-0.3, -0.25) is 9.59 Å². The molecule has 4 fully saturated rings. The zero-order valence-electron chi connectivity index (χ0n) is 23.5. The van der Waals surface area contributed by atoms with Crippen molar-refractivity contribution in [2.24, 2.45) is 28.6 Å². The van der Waals surface area contributed by atoms with E-state index in [9.17, 15) is 19.8 Å². The minimum Gasteiger partial charge on any atom is -0.399 e. The molecule has 7 nitrogen and oxygen atoms in total. The minimum absolute atomic E-state index is 0.00209. The number of anilines is 1. The fourth-order valence-corrected chi connectivity index (χ4v) is 9.37. The fraction of sp³-hybridized carbons (Fsp3) is 0.471. The van der Waals surface area contributed by atoms with E-state index < -0.39 is 41.5 Å². The van der Waals surface area contributed by atoms with E-state index in [1.54, 1.807) is 12.2 Å². The van der Waals surface area contributed by atoms with Crippen LogP contribution in [0.15, 0.2) is 72.3 Å². The van der Waals surface area contributed by atoms with E-state index >= 15 is 0 Å². The van der Waals surface area contributed by atoms with Crippen LogP contribution in [0.1, 0.15) is 51.4 Å². The molecule has 1 aliphatic heterocycles. The topological polar surface area (TPSA) is 119 Å². The molecule has 0 unspecified atom stereocenters. The number of fused-ring (bicyclic) bond motifs is 7. The van der Waals surface area contributed by atoms with Gasteiger partial charge in [-0.2, -0.15) is 0 Å². The molecule has 4 N–H and O–H groups in total. The number of Topliss-reactive ketones (excluding diaryl/α,β-unsaturated/α-hetero) is 1. The summed E-state index contributed by atoms with van der Waals surface area (Å²) in [7, 11) is 0. The molecule has 9 atom stereocenters. The van der Waals surface area contributed by atoms with E-state index in [0.29, 0.717) is 18.5 Å². The Hall–Kier alpha value is -3.10. The summed E-state index contributed by atoms with van der Waals surface area (Å²) in [5.74, 6) is -0.277. The summed E-state index contributed by atoms with van der Waals surface area (Å²) in [6, 6.07) is 15.5. The monoisotopic (exact) mass is 555 g/mol. The number of benzene rings is 2. The number of nitrogen functional groups attached to an aromatic ring is 1. The van der Waals surface area contributed by atoms with Gasteiger partial charge in [-0.05, 0) is 79.0 Å². The van der Waals surface area contributed by atoms with Crippen molar-refractivity contribution in [3.05, 3.63) is 77.9 Å². The number of carbonyl (C=O) groups is 2. The summed E-state index contributed by atoms with van der Waals surface area (Å²) in [6.45, 7) is 3.53. The van der Waals surface area contributed by atoms with Crippen molar-refractivity contribution in [1.82, 2.24) is 0 Å². The maximum atomic E-state index is 13.8. The largest absolute Gasteiger partial charge is 0.399 e. The number of rotatable bonds is 4. The van der Waals surface area contributed by atoms with Crippen molar-refractivity contribution in [3.63, 3.8) is 0 Å². The Bertz CT molecular complexity index is 1480. The van der Waals surface area contributed by atoms with Gasteiger partial charge in [0.25, 0.3) is 0 Å². The first-order valence-electron chi connectivity index (χ1n) is 14.7. The van der Waals surface area contributed by atoms with Crippen LogP contribution < -0.4 is 5.73 Å². The second-order valence-electron chi connectivity index (χ2n) is 13.1. The molecule has 0 radical (unpaired) electrons. The number of ether oxygens (including phenoxy) is 2. The second-order valence-corrected chi connectivity index (χ2v) is 13.1. The number of nitrogens with two attached hydrogens (primary N) is 1. The van der Waals surface area contributed by atoms with Gasteiger partial charge in [-0.25, -0.2) is 0 Å². The summed E-state index contributed by atoms with van der Waals surface area (Å²) >= 11 is 0. The summed E-state index contributed by atoms with van der Waals surface area (Å²) in [5, 5.41) is 22.0. The molecule has 41 heavy (non-hydrogen) atoms. The summed E-state index contributed by atoms with van der Waals surface area (Å²) < 4.78 is 13.3. The summed E-state index contributed by atoms with van der Waals surface area (Å²) in [5.41, 5.74) is 7.93. The van der Waals surface area contributed by atoms with Crippen molar-refractivity contribution in [3.8, 4) is 11.1 Å². The SMILES string of the molecule is C[C@]12C=CC(=O)C=C1CC[C@@H]1[C@@H]2[C@@H](O)C[C@@]2(C)[C@H]1C[C@H]1O[C@H](c3cccc(-c4ccc(N)cc4)c3)O[C@]12C(=O)CO. The van der Waals surface area contributed by atoms with Gasteiger partial charge >= 0.3 is 0 Å². The number of aliphatic hydroxyl groups is 2. The average molecular weight is 556 g/mol. The predicted molar refractivity (Wildman–Crippen MR) is 153 cm³/mol. The zero-order valence-corrected chi connectivity index (χ0v) is 23.5. The number of hydrogen-bond acceptors (Lipinski definition) is 7. The summed E-state index contributed by atoms with van der Waals surface area (Å²) in [4.78, 5) is 25.9. The first-order chi connectivity index (χ1) is 19.6. The van der Waals surface area contributed by atoms with E-state index in [4.69, 9.17) is 15.2 Å². The molecule has 2 aromatic rings. The van der Waals surface area contributed by atoms with Gasteiger partial charge in [0.15, 0.2) is 23.5 Å². The van der Waals surface area contributed by atoms with Crippen LogP contribution in [0, 0.1) is 28.6 Å². The van der Waals surface area contributed by atoms with Gasteiger partial charge in [0.05, 0.1) is 12.2 Å². The molecule has 3 saturated carbocycles. The molecule has 1 saturated heterocycles. The average Bonchev–Trinajstić information content (AvgIpc) is 3.46. The minimum atomic E-state index is -1.37. The molecular weight excluding hydrogens is 518 g/mol. The number of carbonyl (C=O) groups excluding carboxylic acids is 2. The van der Waals surface area contributed by atoms with Gasteiger partial charge in [0, 0.05) is 28.0 Å². The van der Waals surface area contributed by atoms with Crippen molar-refractivity contribution < 1.29 is 29.3 Å². The van der Waals surface area contributed by atoms with Gasteiger partial charge in [-0.15, -0.1) is 0 Å². The van der Waals surface area contributed by atoms with Crippen LogP contribution in [0.3, 0.4) is 0 Å². The third-order valence-corrected chi connectivity index (χ3v) is 11.2. The summed E-state index contributed by atoms with van der Waals surface area (Å²) in [6.07, 6.45) is 5.91. The number of aliphatic hydroxyl groups excluding tert-OH is 2. The van der Waals surface area contributed by atoms with Gasteiger partial charge in [0.1, 0.15) is 6.61 Å². The number of hydrogen-bond donors (Lipinski definition) is 3. The van der Waals surface area contributed by atoms with Gasteiger partial charge in [0.2, 0.25) is 0 Å². The molecule has 5 aliphatic rings. The van der Waals surface area contributed by atoms with Crippen molar-refractivity contribution >= 4 is 17.3 Å². The molecule has 2 aromatic carbocycles. The Morgan fingerprint density at radius 1 is 1.12 bits per heavy atom. The lowest BCUT2D eigenvalue weighted by molar-refractivity contribution is -0.201. The number of allylic oxidation sites excluding steroid dienone is 4. The highest BCUT2D eigenvalue weighted by molar-refractivity contribution is 6.01. The van der Waals surface area contributed by atoms with E-state index in [-0.39, 0.29) is 29.3 Å². The van der Waals surface area contributed by atoms with Crippen LogP contribution in [-0.2, 0) is 19.1 Å². The molecule has 0 bridgehead atoms. The molecule has 214 valence electrons. The van der Waals surface area contributed by atoms with Gasteiger partial charge in [-0.1, -0.05) is 55.8 Å². The smallest absolute Gasteiger partial charge is 0.193 e. The molecule has 7 heteroatoms. The third kappa shape index (κ3) is 3.65. The molecule has 7 rings (SSSR count). The van der Waals surface area contributed by atoms with Crippen molar-refractivity contribution in [2.45, 2.75) is 63.6 Å². The van der Waals surface area contributed by atoms with E-state index in [0.717, 1.165) is 35.1 Å². The first-order valence-corrected chi connectivity index (χ1v) is 14.7. The van der Waals surface area contributed by atoms with Crippen LogP contribution in [-0.4, -0.2) is 46.2 Å². The predicted octanol–water partition coefficient (Wildman–Crippen LogP) is 4.54. The quantitative estimate of drug-likeness (QED) is 0.474. The third-order valence-electron chi connectivity index (χ3n) is 11.2. The van der Waals surface area contributed by atoms with Crippen LogP contribution >= 0.6 is 0 Å². The highest BCUT2D eigenvalue weighted by Gasteiger charge is 2.75. The normalized spacial score (nSPS) is 40.8. The van der Waals surface area contributed by atoms with E-state index in [1.165, 1.54) is 0 Å². The zero-order chi connectivity index (χ0) is 28.7. The molecule has 1 heterocycles. The lowest BCUT2D eigenvalue weighted by Crippen LogP contribution is -2.63. The first kappa shape index (κ1) is 26.8. The Morgan fingerprint density at radius 2 is 1.90 bits per heavy atom. The van der Waals surface area contributed by atoms with Crippen molar-refractivity contribution in [2.75, 3.05) is 12.3 Å². The second kappa shape index (κ2) is 9.20. The maximum absolute atomic E-state index is 13.8. The molecule has 0 aromatic heterocycles. The Kier molecular flexibility index (Phi) is 6.01. The van der Waals surface area contributed by atoms with Crippen molar-refractivity contribution in [1.29, 1.82) is 0 Å². The Balaban J connectivity index is 1.24. The Morgan fingerprint density at radius 3 is 2.66 bits per heavy atom. The molecule has 0 amide bonds. The Labute approximate surface area is 240 Å². The van der Waals surface area contributed by atoms with Crippen LogP contribution in [0.2, 0.25) is 0 Å². The van der Waals surface area contributed by atoms with Crippen LogP contribution in [0.4, 0.5) is 5.69 Å². The van der Waals surface area contributed by atoms with E-state index in [2.05, 4.69) is 13.8 Å². The molecule has 4 aliphatic carbocycles. The fourth-order valence-electron chi connectivity index (χ4n) is 9.37. The van der Waals surface area contributed by atoms with Crippen LogP contribution in [0.25, 0.3) is 11.1 Å².